The number of aromatic nitrogens is 2. The van der Waals surface area contributed by atoms with Crippen molar-refractivity contribution in [3.05, 3.63) is 77.8 Å². The van der Waals surface area contributed by atoms with Gasteiger partial charge in [-0.25, -0.2) is 4.98 Å². The molecule has 3 aromatic carbocycles. The van der Waals surface area contributed by atoms with Crippen LogP contribution in [0.5, 0.6) is 0 Å². The zero-order valence-corrected chi connectivity index (χ0v) is 37.9. The van der Waals surface area contributed by atoms with E-state index in [-0.39, 0.29) is 47.9 Å². The van der Waals surface area contributed by atoms with E-state index in [2.05, 4.69) is 102 Å². The Hall–Kier alpha value is -2.57. The number of thioether (sulfide) groups is 1. The molecule has 1 aliphatic rings. The molecule has 2 atom stereocenters. The van der Waals surface area contributed by atoms with Crippen LogP contribution < -0.4 is 0 Å². The van der Waals surface area contributed by atoms with Crippen molar-refractivity contribution in [3.63, 3.8) is 0 Å². The van der Waals surface area contributed by atoms with Gasteiger partial charge in [0.25, 0.3) is 0 Å². The molecule has 7 heteroatoms. The molecule has 1 aliphatic heterocycles. The number of hydrogen-bond donors (Lipinski definition) is 1. The standard InChI is InChI=1S/C31H31N2S2.C15H28O2.Ir/c1-17(2)11-25-18(3)22-14-27-23(15-26(22)34-25)29-30(35-27)28(32-16-33-29)20-12-19-9-7-8-10-21(19)24(13-20)31(4,5)6;1-7-14(5,8-2)12(16)11-13(17)15(6,9-3)10-4;/h7-10,13-18,25H,11H2,1-6H3;11,16H,7-10H2,1-6H3;/q-1;;/b;12-11-;. The van der Waals surface area contributed by atoms with Gasteiger partial charge in [-0.15, -0.1) is 52.2 Å². The fourth-order valence-corrected chi connectivity index (χ4v) is 10.0. The molecule has 0 bridgehead atoms. The Morgan fingerprint density at radius 2 is 1.57 bits per heavy atom. The van der Waals surface area contributed by atoms with Crippen LogP contribution in [0.15, 0.2) is 65.5 Å². The van der Waals surface area contributed by atoms with Crippen molar-refractivity contribution in [2.75, 3.05) is 0 Å². The number of benzene rings is 3. The Morgan fingerprint density at radius 1 is 0.925 bits per heavy atom. The van der Waals surface area contributed by atoms with Crippen molar-refractivity contribution in [3.8, 4) is 11.3 Å². The number of hydrogen-bond acceptors (Lipinski definition) is 6. The summed E-state index contributed by atoms with van der Waals surface area (Å²) in [6, 6.07) is 19.4. The molecule has 53 heavy (non-hydrogen) atoms. The zero-order chi connectivity index (χ0) is 38.2. The third kappa shape index (κ3) is 8.80. The van der Waals surface area contributed by atoms with Gasteiger partial charge in [-0.1, -0.05) is 112 Å². The van der Waals surface area contributed by atoms with Crippen LogP contribution >= 0.6 is 23.1 Å². The molecule has 0 fully saturated rings. The van der Waals surface area contributed by atoms with Crippen LogP contribution in [0.25, 0.3) is 42.3 Å². The van der Waals surface area contributed by atoms with Crippen LogP contribution in [0.2, 0.25) is 0 Å². The van der Waals surface area contributed by atoms with Gasteiger partial charge in [0.05, 0.1) is 5.52 Å². The van der Waals surface area contributed by atoms with Crippen LogP contribution in [-0.4, -0.2) is 26.1 Å². The summed E-state index contributed by atoms with van der Waals surface area (Å²) in [5.41, 5.74) is 5.37. The summed E-state index contributed by atoms with van der Waals surface area (Å²) in [6.07, 6.45) is 7.74. The third-order valence-electron chi connectivity index (χ3n) is 11.9. The minimum absolute atomic E-state index is 0. The molecule has 1 N–H and O–H groups in total. The smallest absolute Gasteiger partial charge is 0.164 e. The molecule has 5 aromatic rings. The number of allylic oxidation sites excluding steroid dienone is 2. The number of carbonyl (C=O) groups is 1. The van der Waals surface area contributed by atoms with Crippen LogP contribution in [0.1, 0.15) is 132 Å². The van der Waals surface area contributed by atoms with E-state index in [1.165, 1.54) is 44.0 Å². The van der Waals surface area contributed by atoms with E-state index in [0.717, 1.165) is 58.5 Å². The number of aliphatic hydroxyl groups excluding tert-OH is 1. The molecule has 2 unspecified atom stereocenters. The summed E-state index contributed by atoms with van der Waals surface area (Å²) in [5, 5.41) is 14.5. The minimum Gasteiger partial charge on any atom is -0.512 e. The van der Waals surface area contributed by atoms with Crippen LogP contribution in [0.4, 0.5) is 0 Å². The molecule has 0 saturated carbocycles. The van der Waals surface area contributed by atoms with E-state index < -0.39 is 0 Å². The second-order valence-corrected chi connectivity index (χ2v) is 19.1. The van der Waals surface area contributed by atoms with Crippen molar-refractivity contribution in [1.82, 2.24) is 9.97 Å². The van der Waals surface area contributed by atoms with E-state index >= 15 is 0 Å². The maximum atomic E-state index is 12.2. The van der Waals surface area contributed by atoms with Gasteiger partial charge in [-0.05, 0) is 67.1 Å². The van der Waals surface area contributed by atoms with Crippen LogP contribution in [-0.2, 0) is 30.3 Å². The van der Waals surface area contributed by atoms with Gasteiger partial charge in [-0.2, -0.15) is 0 Å². The van der Waals surface area contributed by atoms with E-state index in [1.807, 2.05) is 52.9 Å². The first kappa shape index (κ1) is 43.2. The maximum Gasteiger partial charge on any atom is 0.164 e. The molecule has 0 saturated heterocycles. The first-order valence-electron chi connectivity index (χ1n) is 19.3. The van der Waals surface area contributed by atoms with E-state index in [4.69, 9.17) is 9.97 Å². The molecule has 287 valence electrons. The number of fused-ring (bicyclic) bond motifs is 5. The number of rotatable bonds is 10. The monoisotopic (exact) mass is 928 g/mol. The average Bonchev–Trinajstić information content (AvgIpc) is 3.64. The number of ketones is 1. The van der Waals surface area contributed by atoms with Crippen molar-refractivity contribution >= 4 is 60.0 Å². The van der Waals surface area contributed by atoms with E-state index in [1.54, 1.807) is 6.33 Å². The molecule has 4 nitrogen and oxygen atoms in total. The number of aliphatic hydroxyl groups is 1. The fourth-order valence-electron chi connectivity index (χ4n) is 7.11. The Bertz CT molecular complexity index is 2100. The average molecular weight is 928 g/mol. The maximum absolute atomic E-state index is 12.2. The van der Waals surface area contributed by atoms with Gasteiger partial charge < -0.3 is 5.11 Å². The van der Waals surface area contributed by atoms with Crippen molar-refractivity contribution in [1.29, 1.82) is 0 Å². The summed E-state index contributed by atoms with van der Waals surface area (Å²) in [7, 11) is 0. The largest absolute Gasteiger partial charge is 0.512 e. The molecule has 6 rings (SSSR count). The zero-order valence-electron chi connectivity index (χ0n) is 33.9. The van der Waals surface area contributed by atoms with E-state index in [9.17, 15) is 9.90 Å². The number of nitrogens with zero attached hydrogens (tertiary/aromatic N) is 2. The fraction of sp³-hybridized carbons (Fsp3) is 0.500. The quantitative estimate of drug-likeness (QED) is 0.0859. The normalized spacial score (nSPS) is 16.5. The number of carbonyl (C=O) groups excluding carboxylic acids is 1. The summed E-state index contributed by atoms with van der Waals surface area (Å²) in [5.74, 6) is 1.59. The molecule has 0 amide bonds. The van der Waals surface area contributed by atoms with Gasteiger partial charge in [0.1, 0.15) is 12.1 Å². The second-order valence-electron chi connectivity index (χ2n) is 16.8. The Morgan fingerprint density at radius 3 is 2.17 bits per heavy atom. The van der Waals surface area contributed by atoms with Gasteiger partial charge in [-0.3, -0.25) is 9.78 Å². The first-order valence-corrected chi connectivity index (χ1v) is 21.0. The Balaban J connectivity index is 0.000000299. The molecule has 0 spiro atoms. The molecular weight excluding hydrogens is 869 g/mol. The van der Waals surface area contributed by atoms with Gasteiger partial charge >= 0.3 is 0 Å². The van der Waals surface area contributed by atoms with Crippen molar-refractivity contribution < 1.29 is 30.0 Å². The second kappa shape index (κ2) is 17.1. The molecule has 3 heterocycles. The summed E-state index contributed by atoms with van der Waals surface area (Å²) in [4.78, 5) is 23.2. The van der Waals surface area contributed by atoms with Gasteiger partial charge in [0, 0.05) is 67.6 Å². The molecular formula is C46H59IrN2O2S2-. The predicted molar refractivity (Wildman–Crippen MR) is 226 cm³/mol. The first-order chi connectivity index (χ1) is 24.5. The third-order valence-corrected chi connectivity index (χ3v) is 14.5. The summed E-state index contributed by atoms with van der Waals surface area (Å²) < 4.78 is 2.48. The molecule has 1 radical (unpaired) electrons. The summed E-state index contributed by atoms with van der Waals surface area (Å²) in [6.45, 7) is 26.0. The van der Waals surface area contributed by atoms with Gasteiger partial charge in [0.2, 0.25) is 0 Å². The van der Waals surface area contributed by atoms with Crippen LogP contribution in [0, 0.1) is 22.8 Å². The minimum atomic E-state index is -0.337. The Kier molecular flexibility index (Phi) is 13.9. The summed E-state index contributed by atoms with van der Waals surface area (Å²) >= 11 is 3.89. The van der Waals surface area contributed by atoms with Gasteiger partial charge in [0.15, 0.2) is 5.78 Å². The predicted octanol–water partition coefficient (Wildman–Crippen LogP) is 14.0. The Labute approximate surface area is 340 Å². The SMILES string of the molecule is CC(C)CC1Sc2cc3c(cc2C1C)sc1c(-c2[c-]c4ccccc4c(C(C)(C)C)c2)ncnc13.CCC(C)(CC)C(=O)/C=C(\O)C(C)(CC)CC.[Ir]. The van der Waals surface area contributed by atoms with E-state index in [0.29, 0.717) is 11.2 Å². The van der Waals surface area contributed by atoms with Crippen molar-refractivity contribution in [2.24, 2.45) is 16.7 Å². The molecule has 2 aromatic heterocycles. The van der Waals surface area contributed by atoms with Crippen LogP contribution in [0.3, 0.4) is 0 Å². The number of thiophene rings is 1. The van der Waals surface area contributed by atoms with Crippen molar-refractivity contribution in [2.45, 2.75) is 137 Å². The molecule has 0 aliphatic carbocycles. The topological polar surface area (TPSA) is 63.1 Å².